The summed E-state index contributed by atoms with van der Waals surface area (Å²) in [6, 6.07) is 5.65. The van der Waals surface area contributed by atoms with Gasteiger partial charge in [-0.25, -0.2) is 4.39 Å². The lowest BCUT2D eigenvalue weighted by Crippen LogP contribution is -2.45. The maximum Gasteiger partial charge on any atom is 0.244 e. The molecule has 5 heteroatoms. The Morgan fingerprint density at radius 1 is 1.40 bits per heavy atom. The van der Waals surface area contributed by atoms with E-state index in [1.165, 1.54) is 17.0 Å². The Bertz CT molecular complexity index is 516. The van der Waals surface area contributed by atoms with Crippen LogP contribution in [0, 0.1) is 5.82 Å². The largest absolute Gasteiger partial charge is 0.347 e. The van der Waals surface area contributed by atoms with Crippen LogP contribution >= 0.6 is 0 Å². The molecule has 0 aliphatic carbocycles. The minimum atomic E-state index is -0.369. The van der Waals surface area contributed by atoms with Crippen LogP contribution < -0.4 is 0 Å². The SMILES string of the molecule is CN(C)C(=O)C1CCCN1C(=O)Cc1cccc(F)c1. The molecule has 0 N–H and O–H groups in total. The second-order valence-corrected chi connectivity index (χ2v) is 5.28. The molecule has 2 amide bonds. The van der Waals surface area contributed by atoms with Crippen molar-refractivity contribution in [3.05, 3.63) is 35.6 Å². The van der Waals surface area contributed by atoms with E-state index in [0.29, 0.717) is 18.5 Å². The third-order valence-corrected chi connectivity index (χ3v) is 3.54. The number of nitrogens with zero attached hydrogens (tertiary/aromatic N) is 2. The van der Waals surface area contributed by atoms with Crippen molar-refractivity contribution in [1.82, 2.24) is 9.80 Å². The van der Waals surface area contributed by atoms with Gasteiger partial charge in [-0.1, -0.05) is 12.1 Å². The Morgan fingerprint density at radius 2 is 2.15 bits per heavy atom. The summed E-state index contributed by atoms with van der Waals surface area (Å²) in [5.41, 5.74) is 0.637. The van der Waals surface area contributed by atoms with Crippen LogP contribution in [0.1, 0.15) is 18.4 Å². The number of benzene rings is 1. The molecule has 20 heavy (non-hydrogen) atoms. The van der Waals surface area contributed by atoms with Crippen LogP contribution in [0.5, 0.6) is 0 Å². The van der Waals surface area contributed by atoms with E-state index in [1.54, 1.807) is 31.1 Å². The highest BCUT2D eigenvalue weighted by atomic mass is 19.1. The molecule has 1 fully saturated rings. The van der Waals surface area contributed by atoms with E-state index >= 15 is 0 Å². The molecule has 0 spiro atoms. The fourth-order valence-electron chi connectivity index (χ4n) is 2.54. The Labute approximate surface area is 118 Å². The minimum absolute atomic E-state index is 0.0462. The number of likely N-dealkylation sites (N-methyl/N-ethyl adjacent to an activating group) is 1. The Morgan fingerprint density at radius 3 is 2.80 bits per heavy atom. The van der Waals surface area contributed by atoms with Gasteiger partial charge in [0.2, 0.25) is 11.8 Å². The molecule has 0 aromatic heterocycles. The summed E-state index contributed by atoms with van der Waals surface area (Å²) in [6.07, 6.45) is 1.67. The van der Waals surface area contributed by atoms with Crippen molar-refractivity contribution in [3.63, 3.8) is 0 Å². The van der Waals surface area contributed by atoms with Crippen molar-refractivity contribution in [2.45, 2.75) is 25.3 Å². The van der Waals surface area contributed by atoms with Crippen LogP contribution in [-0.2, 0) is 16.0 Å². The molecule has 1 heterocycles. The highest BCUT2D eigenvalue weighted by Gasteiger charge is 2.34. The molecule has 1 aliphatic heterocycles. The quantitative estimate of drug-likeness (QED) is 0.839. The first kappa shape index (κ1) is 14.5. The maximum atomic E-state index is 13.1. The van der Waals surface area contributed by atoms with Gasteiger partial charge in [0.15, 0.2) is 0 Å². The number of carbonyl (C=O) groups is 2. The van der Waals surface area contributed by atoms with Crippen LogP contribution in [0.2, 0.25) is 0 Å². The molecule has 0 bridgehead atoms. The summed E-state index contributed by atoms with van der Waals surface area (Å²) >= 11 is 0. The second kappa shape index (κ2) is 6.03. The molecule has 2 rings (SSSR count). The summed E-state index contributed by atoms with van der Waals surface area (Å²) in [6.45, 7) is 0.596. The van der Waals surface area contributed by atoms with Gasteiger partial charge in [0.1, 0.15) is 11.9 Å². The molecule has 108 valence electrons. The van der Waals surface area contributed by atoms with Gasteiger partial charge in [-0.05, 0) is 30.5 Å². The molecule has 4 nitrogen and oxygen atoms in total. The maximum absolute atomic E-state index is 13.1. The Kier molecular flexibility index (Phi) is 4.37. The first-order valence-electron chi connectivity index (χ1n) is 6.74. The van der Waals surface area contributed by atoms with Crippen molar-refractivity contribution in [2.24, 2.45) is 0 Å². The lowest BCUT2D eigenvalue weighted by atomic mass is 10.1. The molecular weight excluding hydrogens is 259 g/mol. The molecule has 1 unspecified atom stereocenters. The van der Waals surface area contributed by atoms with Gasteiger partial charge in [0.25, 0.3) is 0 Å². The summed E-state index contributed by atoms with van der Waals surface area (Å²) in [4.78, 5) is 27.5. The zero-order valence-corrected chi connectivity index (χ0v) is 11.8. The van der Waals surface area contributed by atoms with Gasteiger partial charge in [0.05, 0.1) is 6.42 Å². The average molecular weight is 278 g/mol. The Hall–Kier alpha value is -1.91. The lowest BCUT2D eigenvalue weighted by Gasteiger charge is -2.26. The highest BCUT2D eigenvalue weighted by Crippen LogP contribution is 2.20. The zero-order chi connectivity index (χ0) is 14.7. The first-order chi connectivity index (χ1) is 9.49. The molecular formula is C15H19FN2O2. The minimum Gasteiger partial charge on any atom is -0.347 e. The third kappa shape index (κ3) is 3.15. The zero-order valence-electron chi connectivity index (χ0n) is 11.8. The van der Waals surface area contributed by atoms with Crippen molar-refractivity contribution >= 4 is 11.8 Å². The fraction of sp³-hybridized carbons (Fsp3) is 0.467. The van der Waals surface area contributed by atoms with Crippen LogP contribution in [0.3, 0.4) is 0 Å². The summed E-state index contributed by atoms with van der Waals surface area (Å²) in [5.74, 6) is -0.513. The number of halogens is 1. The van der Waals surface area contributed by atoms with Crippen molar-refractivity contribution < 1.29 is 14.0 Å². The molecule has 1 aromatic rings. The predicted molar refractivity (Wildman–Crippen MR) is 73.5 cm³/mol. The van der Waals surface area contributed by atoms with Gasteiger partial charge >= 0.3 is 0 Å². The number of hydrogen-bond acceptors (Lipinski definition) is 2. The summed E-state index contributed by atoms with van der Waals surface area (Å²) in [5, 5.41) is 0. The normalized spacial score (nSPS) is 18.1. The Balaban J connectivity index is 2.06. The van der Waals surface area contributed by atoms with Crippen LogP contribution in [0.4, 0.5) is 4.39 Å². The number of hydrogen-bond donors (Lipinski definition) is 0. The summed E-state index contributed by atoms with van der Waals surface area (Å²) < 4.78 is 13.1. The predicted octanol–water partition coefficient (Wildman–Crippen LogP) is 1.45. The molecule has 1 saturated heterocycles. The van der Waals surface area contributed by atoms with Gasteiger partial charge < -0.3 is 9.80 Å². The van der Waals surface area contributed by atoms with E-state index < -0.39 is 0 Å². The van der Waals surface area contributed by atoms with Crippen LogP contribution in [0.25, 0.3) is 0 Å². The molecule has 1 aliphatic rings. The second-order valence-electron chi connectivity index (χ2n) is 5.28. The van der Waals surface area contributed by atoms with E-state index in [4.69, 9.17) is 0 Å². The van der Waals surface area contributed by atoms with Gasteiger partial charge in [-0.2, -0.15) is 0 Å². The van der Waals surface area contributed by atoms with E-state index in [2.05, 4.69) is 0 Å². The third-order valence-electron chi connectivity index (χ3n) is 3.54. The summed E-state index contributed by atoms with van der Waals surface area (Å²) in [7, 11) is 3.38. The standard InChI is InChI=1S/C15H19FN2O2/c1-17(2)15(20)13-7-4-8-18(13)14(19)10-11-5-3-6-12(16)9-11/h3,5-6,9,13H,4,7-8,10H2,1-2H3. The molecule has 1 aromatic carbocycles. The lowest BCUT2D eigenvalue weighted by molar-refractivity contribution is -0.141. The molecule has 1 atom stereocenters. The van der Waals surface area contributed by atoms with E-state index in [9.17, 15) is 14.0 Å². The smallest absolute Gasteiger partial charge is 0.244 e. The van der Waals surface area contributed by atoms with E-state index in [-0.39, 0.29) is 30.1 Å². The monoisotopic (exact) mass is 278 g/mol. The van der Waals surface area contributed by atoms with Gasteiger partial charge in [-0.15, -0.1) is 0 Å². The van der Waals surface area contributed by atoms with Crippen LogP contribution in [-0.4, -0.2) is 48.3 Å². The van der Waals surface area contributed by atoms with E-state index in [1.807, 2.05) is 0 Å². The van der Waals surface area contributed by atoms with Crippen molar-refractivity contribution in [2.75, 3.05) is 20.6 Å². The van der Waals surface area contributed by atoms with Crippen molar-refractivity contribution in [3.8, 4) is 0 Å². The van der Waals surface area contributed by atoms with Crippen molar-refractivity contribution in [1.29, 1.82) is 0 Å². The first-order valence-corrected chi connectivity index (χ1v) is 6.74. The molecule has 0 radical (unpaired) electrons. The topological polar surface area (TPSA) is 40.6 Å². The average Bonchev–Trinajstić information content (AvgIpc) is 2.86. The number of carbonyl (C=O) groups excluding carboxylic acids is 2. The number of likely N-dealkylation sites (tertiary alicyclic amines) is 1. The number of amides is 2. The number of rotatable bonds is 3. The fourth-order valence-corrected chi connectivity index (χ4v) is 2.54. The van der Waals surface area contributed by atoms with Gasteiger partial charge in [0, 0.05) is 20.6 Å². The molecule has 0 saturated carbocycles. The van der Waals surface area contributed by atoms with Crippen LogP contribution in [0.15, 0.2) is 24.3 Å². The van der Waals surface area contributed by atoms with E-state index in [0.717, 1.165) is 6.42 Å². The highest BCUT2D eigenvalue weighted by molar-refractivity contribution is 5.88. The van der Waals surface area contributed by atoms with Gasteiger partial charge in [-0.3, -0.25) is 9.59 Å².